The number of para-hydroxylation sites is 2. The third-order valence-corrected chi connectivity index (χ3v) is 2.57. The molecule has 0 saturated heterocycles. The van der Waals surface area contributed by atoms with Crippen LogP contribution in [0.4, 0.5) is 24.5 Å². The van der Waals surface area contributed by atoms with E-state index in [2.05, 4.69) is 10.6 Å². The lowest BCUT2D eigenvalue weighted by molar-refractivity contribution is -0.142. The number of hydrogen-bond donors (Lipinski definition) is 2. The SMILES string of the molecule is CN(C)CC(=O)Nc1ccccc1NC(=O)CCC(F)(F)F. The summed E-state index contributed by atoms with van der Waals surface area (Å²) in [5.41, 5.74) is 0.608. The number of nitrogens with one attached hydrogen (secondary N) is 2. The van der Waals surface area contributed by atoms with Crippen LogP contribution in [-0.4, -0.2) is 43.5 Å². The second-order valence-electron chi connectivity index (χ2n) is 4.99. The van der Waals surface area contributed by atoms with Gasteiger partial charge in [-0.1, -0.05) is 12.1 Å². The molecule has 0 radical (unpaired) electrons. The Balaban J connectivity index is 2.67. The predicted octanol–water partition coefficient (Wildman–Crippen LogP) is 2.47. The van der Waals surface area contributed by atoms with Gasteiger partial charge in [0.2, 0.25) is 11.8 Å². The maximum absolute atomic E-state index is 12.1. The summed E-state index contributed by atoms with van der Waals surface area (Å²) in [7, 11) is 3.45. The van der Waals surface area contributed by atoms with E-state index < -0.39 is 24.9 Å². The summed E-state index contributed by atoms with van der Waals surface area (Å²) in [6.45, 7) is 0.149. The van der Waals surface area contributed by atoms with Crippen LogP contribution in [0.1, 0.15) is 12.8 Å². The summed E-state index contributed by atoms with van der Waals surface area (Å²) in [6, 6.07) is 6.33. The highest BCUT2D eigenvalue weighted by atomic mass is 19.4. The van der Waals surface area contributed by atoms with Gasteiger partial charge in [0, 0.05) is 6.42 Å². The molecular formula is C14H18F3N3O2. The summed E-state index contributed by atoms with van der Waals surface area (Å²) in [4.78, 5) is 24.9. The topological polar surface area (TPSA) is 61.4 Å². The average Bonchev–Trinajstić information content (AvgIpc) is 2.37. The molecule has 22 heavy (non-hydrogen) atoms. The molecule has 0 heterocycles. The minimum atomic E-state index is -4.38. The summed E-state index contributed by atoms with van der Waals surface area (Å²) in [6.07, 6.45) is -6.23. The van der Waals surface area contributed by atoms with E-state index in [0.717, 1.165) is 0 Å². The molecule has 0 aliphatic carbocycles. The van der Waals surface area contributed by atoms with Crippen LogP contribution in [0.25, 0.3) is 0 Å². The molecule has 1 aromatic carbocycles. The molecule has 5 nitrogen and oxygen atoms in total. The van der Waals surface area contributed by atoms with E-state index in [0.29, 0.717) is 5.69 Å². The van der Waals surface area contributed by atoms with E-state index in [1.807, 2.05) is 0 Å². The molecule has 0 bridgehead atoms. The number of nitrogens with zero attached hydrogens (tertiary/aromatic N) is 1. The fourth-order valence-corrected chi connectivity index (χ4v) is 1.65. The van der Waals surface area contributed by atoms with E-state index in [9.17, 15) is 22.8 Å². The molecule has 0 aromatic heterocycles. The van der Waals surface area contributed by atoms with Crippen LogP contribution in [0.2, 0.25) is 0 Å². The molecule has 122 valence electrons. The van der Waals surface area contributed by atoms with Gasteiger partial charge < -0.3 is 15.5 Å². The van der Waals surface area contributed by atoms with Crippen LogP contribution in [0.3, 0.4) is 0 Å². The first-order valence-corrected chi connectivity index (χ1v) is 6.57. The van der Waals surface area contributed by atoms with Crippen molar-refractivity contribution in [3.63, 3.8) is 0 Å². The van der Waals surface area contributed by atoms with Gasteiger partial charge in [0.15, 0.2) is 0 Å². The first-order chi connectivity index (χ1) is 10.2. The van der Waals surface area contributed by atoms with Gasteiger partial charge in [-0.05, 0) is 26.2 Å². The molecule has 0 spiro atoms. The van der Waals surface area contributed by atoms with Gasteiger partial charge in [-0.3, -0.25) is 9.59 Å². The van der Waals surface area contributed by atoms with Crippen LogP contribution >= 0.6 is 0 Å². The Morgan fingerprint density at radius 3 is 2.00 bits per heavy atom. The van der Waals surface area contributed by atoms with E-state index in [4.69, 9.17) is 0 Å². The fourth-order valence-electron chi connectivity index (χ4n) is 1.65. The number of rotatable bonds is 6. The van der Waals surface area contributed by atoms with Crippen molar-refractivity contribution in [2.75, 3.05) is 31.3 Å². The monoisotopic (exact) mass is 317 g/mol. The van der Waals surface area contributed by atoms with Crippen LogP contribution in [0.5, 0.6) is 0 Å². The quantitative estimate of drug-likeness (QED) is 0.847. The Kier molecular flexibility index (Phi) is 6.36. The van der Waals surface area contributed by atoms with Crippen molar-refractivity contribution in [3.8, 4) is 0 Å². The van der Waals surface area contributed by atoms with Gasteiger partial charge in [0.05, 0.1) is 24.3 Å². The average molecular weight is 317 g/mol. The summed E-state index contributed by atoms with van der Waals surface area (Å²) in [5.74, 6) is -1.05. The van der Waals surface area contributed by atoms with E-state index in [1.165, 1.54) is 6.07 Å². The molecule has 0 fully saturated rings. The van der Waals surface area contributed by atoms with E-state index >= 15 is 0 Å². The highest BCUT2D eigenvalue weighted by Crippen LogP contribution is 2.24. The third-order valence-electron chi connectivity index (χ3n) is 2.57. The zero-order chi connectivity index (χ0) is 16.8. The Bertz CT molecular complexity index is 530. The first-order valence-electron chi connectivity index (χ1n) is 6.57. The number of carbonyl (C=O) groups is 2. The Morgan fingerprint density at radius 1 is 1.05 bits per heavy atom. The van der Waals surface area contributed by atoms with E-state index in [1.54, 1.807) is 37.2 Å². The number of amides is 2. The lowest BCUT2D eigenvalue weighted by atomic mass is 10.2. The van der Waals surface area contributed by atoms with Crippen molar-refractivity contribution in [2.45, 2.75) is 19.0 Å². The molecule has 2 N–H and O–H groups in total. The summed E-state index contributed by atoms with van der Waals surface area (Å²) < 4.78 is 36.3. The molecule has 8 heteroatoms. The molecule has 0 unspecified atom stereocenters. The standard InChI is InChI=1S/C14H18F3N3O2/c1-20(2)9-13(22)19-11-6-4-3-5-10(11)18-12(21)7-8-14(15,16)17/h3-6H,7-9H2,1-2H3,(H,18,21)(H,19,22). The predicted molar refractivity (Wildman–Crippen MR) is 77.5 cm³/mol. The number of carbonyl (C=O) groups excluding carboxylic acids is 2. The van der Waals surface area contributed by atoms with Crippen molar-refractivity contribution < 1.29 is 22.8 Å². The summed E-state index contributed by atoms with van der Waals surface area (Å²) in [5, 5.41) is 4.98. The van der Waals surface area contributed by atoms with Crippen molar-refractivity contribution >= 4 is 23.2 Å². The second-order valence-corrected chi connectivity index (χ2v) is 4.99. The number of benzene rings is 1. The largest absolute Gasteiger partial charge is 0.389 e. The number of likely N-dealkylation sites (N-methyl/N-ethyl adjacent to an activating group) is 1. The molecule has 0 atom stereocenters. The van der Waals surface area contributed by atoms with Crippen LogP contribution in [0, 0.1) is 0 Å². The van der Waals surface area contributed by atoms with Gasteiger partial charge in [0.25, 0.3) is 0 Å². The number of hydrogen-bond acceptors (Lipinski definition) is 3. The lowest BCUT2D eigenvalue weighted by Gasteiger charge is -2.14. The normalized spacial score (nSPS) is 11.4. The minimum Gasteiger partial charge on any atom is -0.324 e. The smallest absolute Gasteiger partial charge is 0.324 e. The third kappa shape index (κ3) is 7.07. The van der Waals surface area contributed by atoms with Crippen LogP contribution < -0.4 is 10.6 Å². The van der Waals surface area contributed by atoms with Crippen molar-refractivity contribution in [1.29, 1.82) is 0 Å². The molecule has 2 amide bonds. The van der Waals surface area contributed by atoms with Crippen LogP contribution in [-0.2, 0) is 9.59 Å². The van der Waals surface area contributed by atoms with Crippen molar-refractivity contribution in [3.05, 3.63) is 24.3 Å². The van der Waals surface area contributed by atoms with Crippen LogP contribution in [0.15, 0.2) is 24.3 Å². The molecular weight excluding hydrogens is 299 g/mol. The van der Waals surface area contributed by atoms with Gasteiger partial charge in [-0.15, -0.1) is 0 Å². The van der Waals surface area contributed by atoms with Gasteiger partial charge in [-0.25, -0.2) is 0 Å². The highest BCUT2D eigenvalue weighted by Gasteiger charge is 2.28. The van der Waals surface area contributed by atoms with Crippen molar-refractivity contribution in [2.24, 2.45) is 0 Å². The molecule has 1 aromatic rings. The number of alkyl halides is 3. The second kappa shape index (κ2) is 7.79. The van der Waals surface area contributed by atoms with Gasteiger partial charge >= 0.3 is 6.18 Å². The highest BCUT2D eigenvalue weighted by molar-refractivity contribution is 6.00. The zero-order valence-corrected chi connectivity index (χ0v) is 12.3. The molecule has 0 aliphatic heterocycles. The molecule has 0 aliphatic rings. The maximum atomic E-state index is 12.1. The Morgan fingerprint density at radius 2 is 1.55 bits per heavy atom. The minimum absolute atomic E-state index is 0.149. The zero-order valence-electron chi connectivity index (χ0n) is 12.3. The number of halogens is 3. The maximum Gasteiger partial charge on any atom is 0.389 e. The van der Waals surface area contributed by atoms with Gasteiger partial charge in [-0.2, -0.15) is 13.2 Å². The van der Waals surface area contributed by atoms with Gasteiger partial charge in [0.1, 0.15) is 0 Å². The fraction of sp³-hybridized carbons (Fsp3) is 0.429. The first kappa shape index (κ1) is 18.0. The lowest BCUT2D eigenvalue weighted by Crippen LogP contribution is -2.27. The molecule has 1 rings (SSSR count). The Labute approximate surface area is 126 Å². The molecule has 0 saturated carbocycles. The Hall–Kier alpha value is -2.09. The summed E-state index contributed by atoms with van der Waals surface area (Å²) >= 11 is 0. The van der Waals surface area contributed by atoms with E-state index in [-0.39, 0.29) is 18.1 Å². The van der Waals surface area contributed by atoms with Crippen molar-refractivity contribution in [1.82, 2.24) is 4.90 Å². The number of anilines is 2.